The quantitative estimate of drug-likeness (QED) is 0.770. The topological polar surface area (TPSA) is 3.24 Å². The van der Waals surface area contributed by atoms with E-state index in [4.69, 9.17) is 0 Å². The lowest BCUT2D eigenvalue weighted by atomic mass is 9.73. The van der Waals surface area contributed by atoms with Crippen LogP contribution in [0, 0.1) is 18.8 Å². The van der Waals surface area contributed by atoms with Gasteiger partial charge in [-0.2, -0.15) is 0 Å². The predicted octanol–water partition coefficient (Wildman–Crippen LogP) is 4.75. The highest BCUT2D eigenvalue weighted by molar-refractivity contribution is 5.28. The summed E-state index contributed by atoms with van der Waals surface area (Å²) in [6, 6.07) is 11.3. The highest BCUT2D eigenvalue weighted by atomic mass is 15.3. The molecule has 0 aliphatic carbocycles. The molecule has 0 amide bonds. The van der Waals surface area contributed by atoms with Crippen LogP contribution >= 0.6 is 0 Å². The average Bonchev–Trinajstić information content (AvgIpc) is 3.02. The van der Waals surface area contributed by atoms with Gasteiger partial charge in [0.05, 0.1) is 0 Å². The molecule has 1 unspecified atom stereocenters. The SMILES string of the molecule is CCCC[C@@H]1[C@H]2[C@H]3CCN2[C@@H](C3)C[C@H]1c1ccc(C)cc1. The summed E-state index contributed by atoms with van der Waals surface area (Å²) in [5.41, 5.74) is 3.02. The molecule has 21 heavy (non-hydrogen) atoms. The van der Waals surface area contributed by atoms with Gasteiger partial charge in [0, 0.05) is 12.1 Å². The van der Waals surface area contributed by atoms with Gasteiger partial charge in [-0.1, -0.05) is 49.6 Å². The molecule has 6 atom stereocenters. The molecule has 1 heteroatoms. The minimum absolute atomic E-state index is 0.825. The van der Waals surface area contributed by atoms with Gasteiger partial charge < -0.3 is 0 Å². The van der Waals surface area contributed by atoms with Gasteiger partial charge in [-0.3, -0.25) is 4.90 Å². The molecule has 4 bridgehead atoms. The summed E-state index contributed by atoms with van der Waals surface area (Å²) in [5.74, 6) is 2.76. The molecule has 0 spiro atoms. The van der Waals surface area contributed by atoms with E-state index in [9.17, 15) is 0 Å². The zero-order valence-electron chi connectivity index (χ0n) is 13.6. The Kier molecular flexibility index (Phi) is 3.57. The van der Waals surface area contributed by atoms with Crippen LogP contribution in [0.15, 0.2) is 24.3 Å². The summed E-state index contributed by atoms with van der Waals surface area (Å²) in [5, 5.41) is 0. The first-order valence-corrected chi connectivity index (χ1v) is 9.10. The summed E-state index contributed by atoms with van der Waals surface area (Å²) in [6.45, 7) is 5.94. The van der Waals surface area contributed by atoms with Crippen molar-refractivity contribution in [2.45, 2.75) is 70.4 Å². The summed E-state index contributed by atoms with van der Waals surface area (Å²) in [7, 11) is 0. The standard InChI is InChI=1S/C20H29N/c1-3-4-5-18-19(15-8-6-14(2)7-9-15)13-17-12-16-10-11-21(17)20(16)18/h6-9,16-20H,3-5,10-13H2,1-2H3/t16-,17-,18-,19-,20+/m0/s1. The van der Waals surface area contributed by atoms with Crippen LogP contribution < -0.4 is 0 Å². The molecule has 1 aromatic rings. The molecule has 3 fully saturated rings. The molecule has 4 rings (SSSR count). The van der Waals surface area contributed by atoms with Crippen molar-refractivity contribution in [1.82, 2.24) is 4.90 Å². The maximum Gasteiger partial charge on any atom is 0.0162 e. The number of unbranched alkanes of at least 4 members (excludes halogenated alkanes) is 1. The van der Waals surface area contributed by atoms with E-state index in [1.54, 1.807) is 5.56 Å². The van der Waals surface area contributed by atoms with Gasteiger partial charge in [0.2, 0.25) is 0 Å². The first-order chi connectivity index (χ1) is 10.3. The fourth-order valence-corrected chi connectivity index (χ4v) is 5.62. The third-order valence-electron chi connectivity index (χ3n) is 6.55. The summed E-state index contributed by atoms with van der Waals surface area (Å²) in [4.78, 5) is 2.90. The van der Waals surface area contributed by atoms with Crippen molar-refractivity contribution in [2.75, 3.05) is 6.54 Å². The number of rotatable bonds is 4. The zero-order valence-corrected chi connectivity index (χ0v) is 13.6. The summed E-state index contributed by atoms with van der Waals surface area (Å²) < 4.78 is 0. The molecule has 1 aromatic carbocycles. The minimum Gasteiger partial charge on any atom is -0.297 e. The lowest BCUT2D eigenvalue weighted by Gasteiger charge is -2.43. The van der Waals surface area contributed by atoms with Crippen molar-refractivity contribution in [3.05, 3.63) is 35.4 Å². The summed E-state index contributed by atoms with van der Waals surface area (Å²) in [6.07, 6.45) is 8.59. The van der Waals surface area contributed by atoms with E-state index in [1.807, 2.05) is 0 Å². The Bertz CT molecular complexity index is 491. The van der Waals surface area contributed by atoms with Crippen LogP contribution in [0.2, 0.25) is 0 Å². The second-order valence-corrected chi connectivity index (χ2v) is 7.73. The van der Waals surface area contributed by atoms with Crippen LogP contribution in [0.4, 0.5) is 0 Å². The Morgan fingerprint density at radius 3 is 2.71 bits per heavy atom. The van der Waals surface area contributed by atoms with Crippen molar-refractivity contribution < 1.29 is 0 Å². The smallest absolute Gasteiger partial charge is 0.0162 e. The van der Waals surface area contributed by atoms with E-state index >= 15 is 0 Å². The van der Waals surface area contributed by atoms with Crippen molar-refractivity contribution in [1.29, 1.82) is 0 Å². The van der Waals surface area contributed by atoms with Gasteiger partial charge in [-0.25, -0.2) is 0 Å². The monoisotopic (exact) mass is 283 g/mol. The van der Waals surface area contributed by atoms with Crippen LogP contribution in [-0.4, -0.2) is 23.5 Å². The molecule has 114 valence electrons. The number of nitrogens with zero attached hydrogens (tertiary/aromatic N) is 1. The third-order valence-corrected chi connectivity index (χ3v) is 6.55. The van der Waals surface area contributed by atoms with Gasteiger partial charge in [0.1, 0.15) is 0 Å². The molecule has 3 aliphatic rings. The number of piperidine rings is 2. The Balaban J connectivity index is 1.63. The van der Waals surface area contributed by atoms with E-state index < -0.39 is 0 Å². The maximum absolute atomic E-state index is 2.90. The van der Waals surface area contributed by atoms with E-state index in [0.717, 1.165) is 29.8 Å². The number of benzene rings is 1. The van der Waals surface area contributed by atoms with Gasteiger partial charge in [-0.15, -0.1) is 0 Å². The van der Waals surface area contributed by atoms with Crippen LogP contribution in [0.25, 0.3) is 0 Å². The predicted molar refractivity (Wildman–Crippen MR) is 88.6 cm³/mol. The molecule has 3 aliphatic heterocycles. The molecule has 0 N–H and O–H groups in total. The highest BCUT2D eigenvalue weighted by Crippen LogP contribution is 2.54. The molecule has 0 aromatic heterocycles. The molecule has 3 heterocycles. The normalized spacial score (nSPS) is 40.7. The van der Waals surface area contributed by atoms with Crippen molar-refractivity contribution in [3.8, 4) is 0 Å². The average molecular weight is 283 g/mol. The second kappa shape index (κ2) is 5.43. The molecule has 0 radical (unpaired) electrons. The lowest BCUT2D eigenvalue weighted by Crippen LogP contribution is -2.46. The number of hydrogen-bond donors (Lipinski definition) is 0. The second-order valence-electron chi connectivity index (χ2n) is 7.73. The molecule has 3 saturated heterocycles. The first-order valence-electron chi connectivity index (χ1n) is 9.10. The number of aryl methyl sites for hydroxylation is 1. The van der Waals surface area contributed by atoms with Gasteiger partial charge in [-0.05, 0) is 62.5 Å². The summed E-state index contributed by atoms with van der Waals surface area (Å²) >= 11 is 0. The van der Waals surface area contributed by atoms with Gasteiger partial charge >= 0.3 is 0 Å². The maximum atomic E-state index is 2.90. The van der Waals surface area contributed by atoms with Crippen LogP contribution in [0.1, 0.15) is 62.5 Å². The molecular weight excluding hydrogens is 254 g/mol. The fraction of sp³-hybridized carbons (Fsp3) is 0.700. The van der Waals surface area contributed by atoms with Crippen LogP contribution in [-0.2, 0) is 0 Å². The Hall–Kier alpha value is -0.820. The lowest BCUT2D eigenvalue weighted by molar-refractivity contribution is 0.0885. The zero-order chi connectivity index (χ0) is 14.4. The Labute approximate surface area is 129 Å². The minimum atomic E-state index is 0.825. The molecular formula is C20H29N. The van der Waals surface area contributed by atoms with Crippen molar-refractivity contribution >= 4 is 0 Å². The van der Waals surface area contributed by atoms with Crippen LogP contribution in [0.3, 0.4) is 0 Å². The Morgan fingerprint density at radius 2 is 1.95 bits per heavy atom. The largest absolute Gasteiger partial charge is 0.297 e. The van der Waals surface area contributed by atoms with Gasteiger partial charge in [0.15, 0.2) is 0 Å². The van der Waals surface area contributed by atoms with E-state index in [1.165, 1.54) is 50.6 Å². The highest BCUT2D eigenvalue weighted by Gasteiger charge is 2.54. The third kappa shape index (κ3) is 2.25. The number of hydrogen-bond acceptors (Lipinski definition) is 1. The van der Waals surface area contributed by atoms with Crippen molar-refractivity contribution in [2.24, 2.45) is 11.8 Å². The van der Waals surface area contributed by atoms with Crippen LogP contribution in [0.5, 0.6) is 0 Å². The molecule has 0 saturated carbocycles. The first kappa shape index (κ1) is 13.8. The van der Waals surface area contributed by atoms with E-state index in [2.05, 4.69) is 43.0 Å². The Morgan fingerprint density at radius 1 is 1.14 bits per heavy atom. The van der Waals surface area contributed by atoms with Gasteiger partial charge in [0.25, 0.3) is 0 Å². The fourth-order valence-electron chi connectivity index (χ4n) is 5.62. The molecule has 1 nitrogen and oxygen atoms in total. The van der Waals surface area contributed by atoms with E-state index in [0.29, 0.717) is 0 Å². The van der Waals surface area contributed by atoms with Crippen molar-refractivity contribution in [3.63, 3.8) is 0 Å². The van der Waals surface area contributed by atoms with E-state index in [-0.39, 0.29) is 0 Å².